The standard InChI is InChI=1S/C18H24ClN3O4/c19-13-8-6-12(7-9-13)10-20-18(26)21-11-16(23)22-15-5-3-1-2-4-14(15)17(24)25/h6-9,14-15H,1-5,10-11H2,(H,22,23)(H,24,25)(H2,20,21,26)/t14-,15+/m1/s1. The Bertz CT molecular complexity index is 636. The van der Waals surface area contributed by atoms with E-state index in [1.165, 1.54) is 0 Å². The van der Waals surface area contributed by atoms with E-state index < -0.39 is 17.9 Å². The van der Waals surface area contributed by atoms with Crippen molar-refractivity contribution in [3.05, 3.63) is 34.9 Å². The minimum atomic E-state index is -0.883. The average Bonchev–Trinajstić information content (AvgIpc) is 2.85. The van der Waals surface area contributed by atoms with E-state index in [1.54, 1.807) is 24.3 Å². The van der Waals surface area contributed by atoms with Crippen molar-refractivity contribution in [3.8, 4) is 0 Å². The van der Waals surface area contributed by atoms with Crippen LogP contribution in [-0.4, -0.2) is 35.6 Å². The minimum absolute atomic E-state index is 0.199. The van der Waals surface area contributed by atoms with Crippen molar-refractivity contribution in [1.29, 1.82) is 0 Å². The molecule has 0 bridgehead atoms. The van der Waals surface area contributed by atoms with Gasteiger partial charge in [-0.25, -0.2) is 4.79 Å². The molecule has 7 nitrogen and oxygen atoms in total. The van der Waals surface area contributed by atoms with Gasteiger partial charge >= 0.3 is 12.0 Å². The molecule has 2 rings (SSSR count). The summed E-state index contributed by atoms with van der Waals surface area (Å²) in [5.74, 6) is -1.84. The van der Waals surface area contributed by atoms with Gasteiger partial charge in [-0.3, -0.25) is 9.59 Å². The summed E-state index contributed by atoms with van der Waals surface area (Å²) in [6.07, 6.45) is 3.93. The van der Waals surface area contributed by atoms with E-state index in [9.17, 15) is 19.5 Å². The topological polar surface area (TPSA) is 108 Å². The summed E-state index contributed by atoms with van der Waals surface area (Å²) in [5.41, 5.74) is 0.886. The van der Waals surface area contributed by atoms with Crippen molar-refractivity contribution in [1.82, 2.24) is 16.0 Å². The van der Waals surface area contributed by atoms with Gasteiger partial charge in [0.05, 0.1) is 12.5 Å². The highest BCUT2D eigenvalue weighted by atomic mass is 35.5. The third-order valence-electron chi connectivity index (χ3n) is 4.46. The summed E-state index contributed by atoms with van der Waals surface area (Å²) < 4.78 is 0. The van der Waals surface area contributed by atoms with Crippen molar-refractivity contribution in [2.75, 3.05) is 6.54 Å². The van der Waals surface area contributed by atoms with Crippen molar-refractivity contribution >= 4 is 29.5 Å². The molecule has 8 heteroatoms. The minimum Gasteiger partial charge on any atom is -0.481 e. The van der Waals surface area contributed by atoms with Crippen molar-refractivity contribution < 1.29 is 19.5 Å². The molecule has 4 N–H and O–H groups in total. The molecule has 1 aromatic carbocycles. The Labute approximate surface area is 157 Å². The molecule has 3 amide bonds. The summed E-state index contributed by atoms with van der Waals surface area (Å²) in [5, 5.41) is 17.8. The SMILES string of the molecule is O=C(CNC(=O)NCc1ccc(Cl)cc1)N[C@H]1CCCCC[C@H]1C(=O)O. The van der Waals surface area contributed by atoms with Crippen molar-refractivity contribution in [2.45, 2.75) is 44.7 Å². The average molecular weight is 382 g/mol. The lowest BCUT2D eigenvalue weighted by Gasteiger charge is -2.23. The van der Waals surface area contributed by atoms with E-state index in [1.807, 2.05) is 0 Å². The second kappa shape index (κ2) is 10.0. The Morgan fingerprint density at radius 1 is 1.04 bits per heavy atom. The first-order chi connectivity index (χ1) is 12.5. The molecule has 26 heavy (non-hydrogen) atoms. The number of carboxylic acids is 1. The molecule has 1 saturated carbocycles. The van der Waals surface area contributed by atoms with Gasteiger partial charge in [0.15, 0.2) is 0 Å². The van der Waals surface area contributed by atoms with Gasteiger partial charge in [0.1, 0.15) is 0 Å². The van der Waals surface area contributed by atoms with Crippen molar-refractivity contribution in [2.24, 2.45) is 5.92 Å². The van der Waals surface area contributed by atoms with Crippen LogP contribution in [0.1, 0.15) is 37.7 Å². The highest BCUT2D eigenvalue weighted by Gasteiger charge is 2.30. The van der Waals surface area contributed by atoms with E-state index in [4.69, 9.17) is 11.6 Å². The zero-order valence-electron chi connectivity index (χ0n) is 14.5. The number of benzene rings is 1. The van der Waals surface area contributed by atoms with E-state index in [-0.39, 0.29) is 18.5 Å². The highest BCUT2D eigenvalue weighted by molar-refractivity contribution is 6.30. The van der Waals surface area contributed by atoms with Crippen LogP contribution < -0.4 is 16.0 Å². The van der Waals surface area contributed by atoms with Gasteiger partial charge in [-0.2, -0.15) is 0 Å². The molecule has 0 aliphatic heterocycles. The number of urea groups is 1. The molecule has 1 fully saturated rings. The molecule has 0 saturated heterocycles. The Kier molecular flexibility index (Phi) is 7.72. The maximum atomic E-state index is 12.0. The van der Waals surface area contributed by atoms with Gasteiger partial charge in [0.25, 0.3) is 0 Å². The molecular weight excluding hydrogens is 358 g/mol. The molecular formula is C18H24ClN3O4. The summed E-state index contributed by atoms with van der Waals surface area (Å²) in [6.45, 7) is 0.115. The summed E-state index contributed by atoms with van der Waals surface area (Å²) in [6, 6.07) is 6.21. The molecule has 1 aromatic rings. The van der Waals surface area contributed by atoms with E-state index in [2.05, 4.69) is 16.0 Å². The number of hydrogen-bond acceptors (Lipinski definition) is 3. The lowest BCUT2D eigenvalue weighted by molar-refractivity contribution is -0.143. The van der Waals surface area contributed by atoms with Gasteiger partial charge < -0.3 is 21.1 Å². The first-order valence-corrected chi connectivity index (χ1v) is 9.12. The number of aliphatic carboxylic acids is 1. The lowest BCUT2D eigenvalue weighted by atomic mass is 9.95. The molecule has 1 aliphatic rings. The number of amides is 3. The van der Waals surface area contributed by atoms with Crippen LogP contribution in [0.2, 0.25) is 5.02 Å². The Balaban J connectivity index is 1.73. The second-order valence-electron chi connectivity index (χ2n) is 6.42. The number of rotatable bonds is 6. The largest absolute Gasteiger partial charge is 0.481 e. The normalized spacial score (nSPS) is 19.9. The van der Waals surface area contributed by atoms with Crippen molar-refractivity contribution in [3.63, 3.8) is 0 Å². The van der Waals surface area contributed by atoms with Gasteiger partial charge in [0, 0.05) is 17.6 Å². The number of carbonyl (C=O) groups excluding carboxylic acids is 2. The highest BCUT2D eigenvalue weighted by Crippen LogP contribution is 2.23. The smallest absolute Gasteiger partial charge is 0.315 e. The number of carbonyl (C=O) groups is 3. The number of halogens is 1. The van der Waals surface area contributed by atoms with E-state index >= 15 is 0 Å². The zero-order chi connectivity index (χ0) is 18.9. The molecule has 0 aromatic heterocycles. The van der Waals surface area contributed by atoms with Crippen LogP contribution in [0.15, 0.2) is 24.3 Å². The zero-order valence-corrected chi connectivity index (χ0v) is 15.2. The van der Waals surface area contributed by atoms with Gasteiger partial charge in [-0.1, -0.05) is 43.0 Å². The summed E-state index contributed by atoms with van der Waals surface area (Å²) in [4.78, 5) is 35.2. The fourth-order valence-electron chi connectivity index (χ4n) is 3.04. The summed E-state index contributed by atoms with van der Waals surface area (Å²) in [7, 11) is 0. The maximum Gasteiger partial charge on any atom is 0.315 e. The quantitative estimate of drug-likeness (QED) is 0.567. The van der Waals surface area contributed by atoms with Crippen LogP contribution in [0.3, 0.4) is 0 Å². The molecule has 2 atom stereocenters. The molecule has 0 heterocycles. The van der Waals surface area contributed by atoms with Gasteiger partial charge in [-0.15, -0.1) is 0 Å². The fourth-order valence-corrected chi connectivity index (χ4v) is 3.17. The predicted octanol–water partition coefficient (Wildman–Crippen LogP) is 2.29. The van der Waals surface area contributed by atoms with Crippen LogP contribution in [0.5, 0.6) is 0 Å². The second-order valence-corrected chi connectivity index (χ2v) is 6.86. The molecule has 0 radical (unpaired) electrons. The predicted molar refractivity (Wildman–Crippen MR) is 97.8 cm³/mol. The molecule has 1 aliphatic carbocycles. The van der Waals surface area contributed by atoms with Crippen LogP contribution in [0.4, 0.5) is 4.79 Å². The van der Waals surface area contributed by atoms with E-state index in [0.717, 1.165) is 24.8 Å². The van der Waals surface area contributed by atoms with Gasteiger partial charge in [-0.05, 0) is 30.5 Å². The molecule has 0 spiro atoms. The number of hydrogen-bond donors (Lipinski definition) is 4. The number of nitrogens with one attached hydrogen (secondary N) is 3. The van der Waals surface area contributed by atoms with Crippen LogP contribution in [-0.2, 0) is 16.1 Å². The van der Waals surface area contributed by atoms with E-state index in [0.29, 0.717) is 24.4 Å². The Morgan fingerprint density at radius 3 is 2.42 bits per heavy atom. The first-order valence-electron chi connectivity index (χ1n) is 8.74. The molecule has 0 unspecified atom stereocenters. The third-order valence-corrected chi connectivity index (χ3v) is 4.71. The fraction of sp³-hybridized carbons (Fsp3) is 0.500. The van der Waals surface area contributed by atoms with Crippen LogP contribution in [0.25, 0.3) is 0 Å². The monoisotopic (exact) mass is 381 g/mol. The number of carboxylic acid groups (broad SMARTS) is 1. The Hall–Kier alpha value is -2.28. The maximum absolute atomic E-state index is 12.0. The first kappa shape index (κ1) is 20.0. The lowest BCUT2D eigenvalue weighted by Crippen LogP contribution is -2.48. The van der Waals surface area contributed by atoms with Crippen LogP contribution in [0, 0.1) is 5.92 Å². The van der Waals surface area contributed by atoms with Crippen LogP contribution >= 0.6 is 11.6 Å². The third kappa shape index (κ3) is 6.55. The summed E-state index contributed by atoms with van der Waals surface area (Å²) >= 11 is 5.80. The van der Waals surface area contributed by atoms with Gasteiger partial charge in [0.2, 0.25) is 5.91 Å². The Morgan fingerprint density at radius 2 is 1.73 bits per heavy atom. The molecule has 142 valence electrons.